The van der Waals surface area contributed by atoms with Gasteiger partial charge in [-0.05, 0) is 24.7 Å². The fourth-order valence-electron chi connectivity index (χ4n) is 2.05. The SMILES string of the molecule is C=C[C@H]1CCC[C@@H](OS(C)(=O)=O)[C@H]1C. The van der Waals surface area contributed by atoms with Crippen LogP contribution in [-0.4, -0.2) is 20.8 Å². The molecule has 0 unspecified atom stereocenters. The van der Waals surface area contributed by atoms with Gasteiger partial charge in [0, 0.05) is 0 Å². The summed E-state index contributed by atoms with van der Waals surface area (Å²) in [6.45, 7) is 5.79. The molecule has 0 radical (unpaired) electrons. The van der Waals surface area contributed by atoms with Crippen LogP contribution < -0.4 is 0 Å². The molecule has 3 atom stereocenters. The van der Waals surface area contributed by atoms with Crippen molar-refractivity contribution in [1.29, 1.82) is 0 Å². The Morgan fingerprint density at radius 2 is 2.07 bits per heavy atom. The Balaban J connectivity index is 2.65. The molecular weight excluding hydrogens is 200 g/mol. The van der Waals surface area contributed by atoms with Gasteiger partial charge in [-0.25, -0.2) is 0 Å². The maximum absolute atomic E-state index is 11.0. The zero-order valence-corrected chi connectivity index (χ0v) is 9.59. The summed E-state index contributed by atoms with van der Waals surface area (Å²) in [5, 5.41) is 0. The van der Waals surface area contributed by atoms with Crippen LogP contribution in [0, 0.1) is 11.8 Å². The van der Waals surface area contributed by atoms with E-state index in [1.807, 2.05) is 13.0 Å². The highest BCUT2D eigenvalue weighted by atomic mass is 32.2. The lowest BCUT2D eigenvalue weighted by atomic mass is 9.78. The molecule has 1 rings (SSSR count). The standard InChI is InChI=1S/C10H18O3S/c1-4-9-6-5-7-10(8(9)2)13-14(3,11)12/h4,8-10H,1,5-7H2,2-3H3/t8-,9-,10+/m0/s1. The lowest BCUT2D eigenvalue weighted by Gasteiger charge is -2.33. The van der Waals surface area contributed by atoms with Crippen LogP contribution in [0.4, 0.5) is 0 Å². The third-order valence-corrected chi connectivity index (χ3v) is 3.49. The van der Waals surface area contributed by atoms with Gasteiger partial charge in [0.25, 0.3) is 10.1 Å². The Bertz CT molecular complexity index is 294. The van der Waals surface area contributed by atoms with E-state index in [9.17, 15) is 8.42 Å². The number of hydrogen-bond donors (Lipinski definition) is 0. The van der Waals surface area contributed by atoms with Crippen molar-refractivity contribution >= 4 is 10.1 Å². The van der Waals surface area contributed by atoms with Crippen LogP contribution in [-0.2, 0) is 14.3 Å². The van der Waals surface area contributed by atoms with Crippen molar-refractivity contribution in [3.63, 3.8) is 0 Å². The fourth-order valence-corrected chi connectivity index (χ4v) is 2.77. The maximum Gasteiger partial charge on any atom is 0.264 e. The highest BCUT2D eigenvalue weighted by molar-refractivity contribution is 7.86. The molecule has 1 saturated carbocycles. The minimum absolute atomic E-state index is 0.165. The van der Waals surface area contributed by atoms with Crippen LogP contribution in [0.3, 0.4) is 0 Å². The second-order valence-corrected chi connectivity index (χ2v) is 5.63. The van der Waals surface area contributed by atoms with Crippen LogP contribution in [0.15, 0.2) is 12.7 Å². The first kappa shape index (κ1) is 11.7. The van der Waals surface area contributed by atoms with E-state index in [1.54, 1.807) is 0 Å². The molecule has 0 aromatic rings. The van der Waals surface area contributed by atoms with Crippen molar-refractivity contribution in [3.05, 3.63) is 12.7 Å². The normalized spacial score (nSPS) is 34.0. The lowest BCUT2D eigenvalue weighted by Crippen LogP contribution is -2.33. The third-order valence-electron chi connectivity index (χ3n) is 2.89. The van der Waals surface area contributed by atoms with E-state index in [1.165, 1.54) is 0 Å². The first-order valence-corrected chi connectivity index (χ1v) is 6.76. The van der Waals surface area contributed by atoms with E-state index < -0.39 is 10.1 Å². The lowest BCUT2D eigenvalue weighted by molar-refractivity contribution is 0.0854. The number of allylic oxidation sites excluding steroid dienone is 1. The molecule has 0 aliphatic heterocycles. The number of hydrogen-bond acceptors (Lipinski definition) is 3. The first-order chi connectivity index (χ1) is 6.44. The second-order valence-electron chi connectivity index (χ2n) is 4.03. The molecule has 0 aromatic carbocycles. The van der Waals surface area contributed by atoms with Gasteiger partial charge in [-0.2, -0.15) is 8.42 Å². The molecule has 14 heavy (non-hydrogen) atoms. The highest BCUT2D eigenvalue weighted by Gasteiger charge is 2.30. The minimum Gasteiger partial charge on any atom is -0.267 e. The van der Waals surface area contributed by atoms with Crippen LogP contribution in [0.5, 0.6) is 0 Å². The molecule has 1 fully saturated rings. The Kier molecular flexibility index (Phi) is 3.72. The van der Waals surface area contributed by atoms with Gasteiger partial charge in [-0.3, -0.25) is 4.18 Å². The summed E-state index contributed by atoms with van der Waals surface area (Å²) in [5.41, 5.74) is 0. The van der Waals surface area contributed by atoms with Gasteiger partial charge < -0.3 is 0 Å². The van der Waals surface area contributed by atoms with E-state index in [4.69, 9.17) is 4.18 Å². The van der Waals surface area contributed by atoms with Crippen LogP contribution in [0.2, 0.25) is 0 Å². The quantitative estimate of drug-likeness (QED) is 0.537. The molecule has 0 heterocycles. The van der Waals surface area contributed by atoms with Gasteiger partial charge in [0.2, 0.25) is 0 Å². The monoisotopic (exact) mass is 218 g/mol. The summed E-state index contributed by atoms with van der Waals surface area (Å²) in [5.74, 6) is 0.631. The highest BCUT2D eigenvalue weighted by Crippen LogP contribution is 2.33. The molecule has 0 spiro atoms. The molecule has 0 N–H and O–H groups in total. The van der Waals surface area contributed by atoms with Crippen molar-refractivity contribution in [2.24, 2.45) is 11.8 Å². The van der Waals surface area contributed by atoms with E-state index in [2.05, 4.69) is 6.58 Å². The molecule has 0 saturated heterocycles. The van der Waals surface area contributed by atoms with Gasteiger partial charge in [-0.15, -0.1) is 6.58 Å². The van der Waals surface area contributed by atoms with Crippen molar-refractivity contribution in [2.75, 3.05) is 6.26 Å². The molecule has 4 heteroatoms. The molecular formula is C10H18O3S. The summed E-state index contributed by atoms with van der Waals surface area (Å²) in [7, 11) is -3.32. The predicted octanol–water partition coefficient (Wildman–Crippen LogP) is 1.95. The second kappa shape index (κ2) is 4.45. The summed E-state index contributed by atoms with van der Waals surface area (Å²) in [4.78, 5) is 0. The van der Waals surface area contributed by atoms with Crippen molar-refractivity contribution in [1.82, 2.24) is 0 Å². The Labute approximate surface area is 86.3 Å². The predicted molar refractivity (Wildman–Crippen MR) is 56.4 cm³/mol. The average molecular weight is 218 g/mol. The van der Waals surface area contributed by atoms with Crippen LogP contribution in [0.25, 0.3) is 0 Å². The average Bonchev–Trinajstić information content (AvgIpc) is 2.06. The van der Waals surface area contributed by atoms with E-state index in [0.717, 1.165) is 25.5 Å². The molecule has 3 nitrogen and oxygen atoms in total. The first-order valence-electron chi connectivity index (χ1n) is 4.95. The summed E-state index contributed by atoms with van der Waals surface area (Å²) >= 11 is 0. The Morgan fingerprint density at radius 1 is 1.43 bits per heavy atom. The van der Waals surface area contributed by atoms with Gasteiger partial charge in [0.15, 0.2) is 0 Å². The van der Waals surface area contributed by atoms with E-state index >= 15 is 0 Å². The summed E-state index contributed by atoms with van der Waals surface area (Å²) in [6, 6.07) is 0. The van der Waals surface area contributed by atoms with Crippen molar-refractivity contribution < 1.29 is 12.6 Å². The van der Waals surface area contributed by atoms with Gasteiger partial charge in [-0.1, -0.05) is 19.4 Å². The Morgan fingerprint density at radius 3 is 2.57 bits per heavy atom. The third kappa shape index (κ3) is 3.10. The van der Waals surface area contributed by atoms with Crippen molar-refractivity contribution in [3.8, 4) is 0 Å². The van der Waals surface area contributed by atoms with Gasteiger partial charge >= 0.3 is 0 Å². The zero-order chi connectivity index (χ0) is 10.8. The minimum atomic E-state index is -3.32. The van der Waals surface area contributed by atoms with E-state index in [0.29, 0.717) is 5.92 Å². The number of rotatable bonds is 3. The van der Waals surface area contributed by atoms with Crippen LogP contribution in [0.1, 0.15) is 26.2 Å². The largest absolute Gasteiger partial charge is 0.267 e. The topological polar surface area (TPSA) is 43.4 Å². The van der Waals surface area contributed by atoms with Crippen molar-refractivity contribution in [2.45, 2.75) is 32.3 Å². The summed E-state index contributed by atoms with van der Waals surface area (Å²) < 4.78 is 27.0. The van der Waals surface area contributed by atoms with Gasteiger partial charge in [0.1, 0.15) is 0 Å². The van der Waals surface area contributed by atoms with Crippen LogP contribution >= 0.6 is 0 Å². The fraction of sp³-hybridized carbons (Fsp3) is 0.800. The van der Waals surface area contributed by atoms with E-state index in [-0.39, 0.29) is 12.0 Å². The molecule has 0 amide bonds. The molecule has 0 bridgehead atoms. The van der Waals surface area contributed by atoms with Gasteiger partial charge in [0.05, 0.1) is 12.4 Å². The molecule has 82 valence electrons. The molecule has 1 aliphatic rings. The summed E-state index contributed by atoms with van der Waals surface area (Å²) in [6.07, 6.45) is 5.79. The Hall–Kier alpha value is -0.350. The smallest absolute Gasteiger partial charge is 0.264 e. The zero-order valence-electron chi connectivity index (χ0n) is 8.77. The molecule has 0 aromatic heterocycles. The maximum atomic E-state index is 11.0. The molecule has 1 aliphatic carbocycles.